The van der Waals surface area contributed by atoms with Crippen molar-refractivity contribution < 1.29 is 24.0 Å². The van der Waals surface area contributed by atoms with Crippen LogP contribution in [0.2, 0.25) is 0 Å². The summed E-state index contributed by atoms with van der Waals surface area (Å²) in [5.74, 6) is 2.39. The molecule has 0 bridgehead atoms. The minimum absolute atomic E-state index is 0.118. The van der Waals surface area contributed by atoms with Crippen LogP contribution in [0.25, 0.3) is 10.9 Å². The maximum Gasteiger partial charge on any atom is 0.231 e. The molecular weight excluding hydrogens is 394 g/mol. The van der Waals surface area contributed by atoms with Crippen LogP contribution >= 0.6 is 0 Å². The Morgan fingerprint density at radius 2 is 1.71 bits per heavy atom. The first kappa shape index (κ1) is 19.9. The number of aryl methyl sites for hydroxylation is 1. The summed E-state index contributed by atoms with van der Waals surface area (Å²) in [6, 6.07) is 11.9. The molecule has 1 aromatic heterocycles. The Morgan fingerprint density at radius 1 is 0.968 bits per heavy atom. The molecule has 0 saturated carbocycles. The molecule has 162 valence electrons. The second kappa shape index (κ2) is 8.24. The summed E-state index contributed by atoms with van der Waals surface area (Å²) < 4.78 is 16.2. The third-order valence-corrected chi connectivity index (χ3v) is 6.50. The van der Waals surface area contributed by atoms with Crippen LogP contribution in [0, 0.1) is 6.92 Å². The van der Waals surface area contributed by atoms with E-state index in [2.05, 4.69) is 17.1 Å². The van der Waals surface area contributed by atoms with Gasteiger partial charge in [-0.3, -0.25) is 4.79 Å². The average molecular weight is 424 g/mol. The van der Waals surface area contributed by atoms with Crippen LogP contribution in [-0.2, 0) is 13.1 Å². The molecule has 3 N–H and O–H groups in total. The van der Waals surface area contributed by atoms with E-state index in [1.807, 2.05) is 31.2 Å². The number of pyridine rings is 1. The van der Waals surface area contributed by atoms with E-state index in [0.29, 0.717) is 17.9 Å². The number of quaternary nitrogens is 2. The Hall–Kier alpha value is -3.03. The molecule has 5 rings (SSSR count). The lowest BCUT2D eigenvalue weighted by atomic mass is 10.1. The molecule has 7 heteroatoms. The van der Waals surface area contributed by atoms with Gasteiger partial charge < -0.3 is 29.0 Å². The van der Waals surface area contributed by atoms with Gasteiger partial charge in [0, 0.05) is 22.2 Å². The van der Waals surface area contributed by atoms with E-state index in [-0.39, 0.29) is 5.43 Å². The van der Waals surface area contributed by atoms with E-state index in [4.69, 9.17) is 14.2 Å². The number of benzene rings is 2. The second-order valence-corrected chi connectivity index (χ2v) is 8.51. The predicted octanol–water partition coefficient (Wildman–Crippen LogP) is 0.0574. The maximum absolute atomic E-state index is 13.2. The minimum Gasteiger partial charge on any atom is -0.497 e. The first-order chi connectivity index (χ1) is 15.1. The molecule has 3 aromatic rings. The summed E-state index contributed by atoms with van der Waals surface area (Å²) in [7, 11) is 1.63. The fourth-order valence-corrected chi connectivity index (χ4v) is 4.67. The van der Waals surface area contributed by atoms with Crippen molar-refractivity contribution in [1.82, 2.24) is 4.98 Å². The van der Waals surface area contributed by atoms with Gasteiger partial charge in [0.1, 0.15) is 45.0 Å². The van der Waals surface area contributed by atoms with Crippen LogP contribution in [0.4, 0.5) is 0 Å². The van der Waals surface area contributed by atoms with Crippen molar-refractivity contribution in [3.63, 3.8) is 0 Å². The topological polar surface area (TPSA) is 69.4 Å². The van der Waals surface area contributed by atoms with Gasteiger partial charge in [0.25, 0.3) is 0 Å². The monoisotopic (exact) mass is 423 g/mol. The van der Waals surface area contributed by atoms with Crippen molar-refractivity contribution in [3.05, 3.63) is 63.4 Å². The summed E-state index contributed by atoms with van der Waals surface area (Å²) >= 11 is 0. The van der Waals surface area contributed by atoms with E-state index in [1.54, 1.807) is 12.0 Å². The fraction of sp³-hybridized carbons (Fsp3) is 0.375. The Balaban J connectivity index is 1.25. The van der Waals surface area contributed by atoms with Gasteiger partial charge in [-0.05, 0) is 43.3 Å². The molecule has 31 heavy (non-hydrogen) atoms. The highest BCUT2D eigenvalue weighted by Crippen LogP contribution is 2.32. The number of aromatic amines is 1. The summed E-state index contributed by atoms with van der Waals surface area (Å²) in [6.07, 6.45) is 0. The van der Waals surface area contributed by atoms with Gasteiger partial charge in [0.15, 0.2) is 16.9 Å². The summed E-state index contributed by atoms with van der Waals surface area (Å²) in [6.45, 7) is 8.33. The van der Waals surface area contributed by atoms with Crippen LogP contribution in [0.5, 0.6) is 17.2 Å². The predicted molar refractivity (Wildman–Crippen MR) is 117 cm³/mol. The number of nitrogens with one attached hydrogen (secondary N) is 3. The van der Waals surface area contributed by atoms with Crippen LogP contribution in [0.15, 0.2) is 41.2 Å². The fourth-order valence-electron chi connectivity index (χ4n) is 4.67. The van der Waals surface area contributed by atoms with E-state index in [1.165, 1.54) is 10.5 Å². The zero-order valence-electron chi connectivity index (χ0n) is 18.0. The molecule has 0 atom stereocenters. The smallest absolute Gasteiger partial charge is 0.231 e. The molecule has 7 nitrogen and oxygen atoms in total. The number of fused-ring (bicyclic) bond motifs is 2. The van der Waals surface area contributed by atoms with Crippen molar-refractivity contribution in [2.24, 2.45) is 0 Å². The quantitative estimate of drug-likeness (QED) is 0.543. The number of H-pyrrole nitrogens is 1. The molecule has 0 unspecified atom stereocenters. The summed E-state index contributed by atoms with van der Waals surface area (Å²) in [5.41, 5.74) is 4.10. The van der Waals surface area contributed by atoms with Gasteiger partial charge in [-0.1, -0.05) is 0 Å². The van der Waals surface area contributed by atoms with Gasteiger partial charge in [-0.15, -0.1) is 0 Å². The first-order valence-electron chi connectivity index (χ1n) is 10.9. The average Bonchev–Trinajstić information content (AvgIpc) is 3.25. The number of hydrogen-bond acceptors (Lipinski definition) is 4. The van der Waals surface area contributed by atoms with Crippen LogP contribution in [0.3, 0.4) is 0 Å². The molecule has 2 aliphatic heterocycles. The molecule has 1 saturated heterocycles. The lowest BCUT2D eigenvalue weighted by molar-refractivity contribution is -1.02. The van der Waals surface area contributed by atoms with Crippen molar-refractivity contribution in [1.29, 1.82) is 0 Å². The minimum atomic E-state index is 0.118. The van der Waals surface area contributed by atoms with E-state index in [9.17, 15) is 4.79 Å². The Kier molecular flexibility index (Phi) is 5.29. The molecule has 0 spiro atoms. The van der Waals surface area contributed by atoms with Gasteiger partial charge in [0.05, 0.1) is 12.7 Å². The van der Waals surface area contributed by atoms with E-state index >= 15 is 0 Å². The second-order valence-electron chi connectivity index (χ2n) is 8.51. The third kappa shape index (κ3) is 3.98. The van der Waals surface area contributed by atoms with E-state index < -0.39 is 0 Å². The Morgan fingerprint density at radius 3 is 2.48 bits per heavy atom. The zero-order valence-corrected chi connectivity index (χ0v) is 18.0. The lowest BCUT2D eigenvalue weighted by Gasteiger charge is -2.30. The number of piperazine rings is 1. The molecule has 2 aliphatic rings. The summed E-state index contributed by atoms with van der Waals surface area (Å²) in [4.78, 5) is 19.6. The molecule has 3 heterocycles. The molecule has 0 aliphatic carbocycles. The van der Waals surface area contributed by atoms with Crippen LogP contribution in [-0.4, -0.2) is 45.1 Å². The first-order valence-corrected chi connectivity index (χ1v) is 10.9. The number of methoxy groups -OCH3 is 1. The highest BCUT2D eigenvalue weighted by atomic mass is 16.7. The number of ether oxygens (including phenoxy) is 3. The van der Waals surface area contributed by atoms with Crippen molar-refractivity contribution in [2.45, 2.75) is 20.0 Å². The molecular formula is C24H29N3O4+2. The van der Waals surface area contributed by atoms with Gasteiger partial charge in [0.2, 0.25) is 6.79 Å². The highest BCUT2D eigenvalue weighted by Gasteiger charge is 2.25. The molecule has 0 radical (unpaired) electrons. The largest absolute Gasteiger partial charge is 0.497 e. The number of hydrogen-bond donors (Lipinski definition) is 3. The van der Waals surface area contributed by atoms with Gasteiger partial charge >= 0.3 is 0 Å². The lowest BCUT2D eigenvalue weighted by Crippen LogP contribution is -3.27. The van der Waals surface area contributed by atoms with Crippen molar-refractivity contribution in [3.8, 4) is 17.2 Å². The number of aromatic nitrogens is 1. The van der Waals surface area contributed by atoms with Gasteiger partial charge in [-0.2, -0.15) is 0 Å². The normalized spacial score (nSPS) is 20.2. The molecule has 0 amide bonds. The highest BCUT2D eigenvalue weighted by molar-refractivity contribution is 5.81. The molecule has 2 aromatic carbocycles. The third-order valence-electron chi connectivity index (χ3n) is 6.50. The number of rotatable bonds is 5. The SMILES string of the molecule is COc1ccc2[nH]c(C)c(C[NH+]3CC[NH+](Cc4ccc5c(c4)OCO5)CC3)c(=O)c2c1. The summed E-state index contributed by atoms with van der Waals surface area (Å²) in [5, 5.41) is 0.700. The Bertz CT molecular complexity index is 1170. The molecule has 1 fully saturated rings. The zero-order chi connectivity index (χ0) is 21.4. The van der Waals surface area contributed by atoms with Crippen molar-refractivity contribution >= 4 is 10.9 Å². The van der Waals surface area contributed by atoms with Crippen molar-refractivity contribution in [2.75, 3.05) is 40.1 Å². The van der Waals surface area contributed by atoms with Crippen LogP contribution in [0.1, 0.15) is 16.8 Å². The van der Waals surface area contributed by atoms with Crippen LogP contribution < -0.4 is 29.4 Å². The Labute approximate surface area is 181 Å². The standard InChI is InChI=1S/C24H27N3O4/c1-16-20(24(28)19-12-18(29-2)4-5-21(19)25-16)14-27-9-7-26(8-10-27)13-17-3-6-22-23(11-17)31-15-30-22/h3-6,11-12H,7-10,13-15H2,1-2H3,(H,25,28)/p+2. The van der Waals surface area contributed by atoms with Gasteiger partial charge in [-0.25, -0.2) is 0 Å². The maximum atomic E-state index is 13.2. The van der Waals surface area contributed by atoms with E-state index in [0.717, 1.165) is 67.5 Å².